The summed E-state index contributed by atoms with van der Waals surface area (Å²) in [5.41, 5.74) is 2.88. The Labute approximate surface area is 186 Å². The Kier molecular flexibility index (Phi) is 6.57. The van der Waals surface area contributed by atoms with Crippen molar-refractivity contribution < 1.29 is 14.3 Å². The van der Waals surface area contributed by atoms with Crippen molar-refractivity contribution in [2.75, 3.05) is 12.4 Å². The van der Waals surface area contributed by atoms with Crippen LogP contribution in [0.2, 0.25) is 5.02 Å². The Morgan fingerprint density at radius 3 is 2.84 bits per heavy atom. The van der Waals surface area contributed by atoms with Gasteiger partial charge in [-0.25, -0.2) is 4.98 Å². The lowest BCUT2D eigenvalue weighted by molar-refractivity contribution is -0.123. The number of halogens is 1. The number of anilines is 1. The zero-order valence-corrected chi connectivity index (χ0v) is 18.6. The third-order valence-electron chi connectivity index (χ3n) is 6.21. The van der Waals surface area contributed by atoms with Crippen LogP contribution in [0.3, 0.4) is 0 Å². The number of rotatable bonds is 5. The molecule has 1 unspecified atom stereocenters. The topological polar surface area (TPSA) is 98.1 Å². The van der Waals surface area contributed by atoms with E-state index in [4.69, 9.17) is 16.3 Å². The second-order valence-electron chi connectivity index (χ2n) is 8.38. The molecule has 2 aliphatic rings. The molecule has 0 radical (unpaired) electrons. The molecule has 9 heteroatoms. The summed E-state index contributed by atoms with van der Waals surface area (Å²) in [6.45, 7) is 2.23. The fourth-order valence-corrected chi connectivity index (χ4v) is 4.82. The van der Waals surface area contributed by atoms with Crippen LogP contribution in [0.4, 0.5) is 5.82 Å². The summed E-state index contributed by atoms with van der Waals surface area (Å²) in [6, 6.07) is 1.86. The number of hydrogen-bond donors (Lipinski definition) is 2. The average Bonchev–Trinajstić information content (AvgIpc) is 3.17. The molecule has 31 heavy (non-hydrogen) atoms. The normalized spacial score (nSPS) is 23.1. The molecule has 8 nitrogen and oxygen atoms in total. The molecule has 1 fully saturated rings. The van der Waals surface area contributed by atoms with Crippen LogP contribution in [-0.4, -0.2) is 45.8 Å². The fraction of sp³-hybridized carbons (Fsp3) is 0.545. The molecule has 0 bridgehead atoms. The van der Waals surface area contributed by atoms with Crippen LogP contribution in [0.25, 0.3) is 11.1 Å². The molecular weight excluding hydrogens is 418 g/mol. The maximum atomic E-state index is 12.9. The first-order valence-corrected chi connectivity index (χ1v) is 11.1. The van der Waals surface area contributed by atoms with Gasteiger partial charge in [0.15, 0.2) is 0 Å². The predicted molar refractivity (Wildman–Crippen MR) is 118 cm³/mol. The summed E-state index contributed by atoms with van der Waals surface area (Å²) in [5.74, 6) is 0.185. The molecular formula is C22H28ClN5O3. The van der Waals surface area contributed by atoms with Gasteiger partial charge in [-0.3, -0.25) is 14.3 Å². The van der Waals surface area contributed by atoms with Crippen molar-refractivity contribution in [2.24, 2.45) is 5.92 Å². The summed E-state index contributed by atoms with van der Waals surface area (Å²) < 4.78 is 7.43. The molecule has 1 saturated carbocycles. The second kappa shape index (κ2) is 9.36. The molecule has 2 amide bonds. The van der Waals surface area contributed by atoms with E-state index in [2.05, 4.69) is 20.7 Å². The standard InChI is InChI=1S/C22H28ClN5O3/c1-13(29)26-15-5-3-4-14(8-15)22(30)27-21-9-17(19(23)11-24-21)18-10-25-28-12-16(31-2)6-7-20(18)28/h9-11,14-16H,3-8,12H2,1-2H3,(H,26,29)(H,24,27,30)/t14-,15+,16?/m0/s1. The van der Waals surface area contributed by atoms with Crippen LogP contribution < -0.4 is 10.6 Å². The highest BCUT2D eigenvalue weighted by Gasteiger charge is 2.28. The Morgan fingerprint density at radius 1 is 1.23 bits per heavy atom. The first-order valence-electron chi connectivity index (χ1n) is 10.8. The fourth-order valence-electron chi connectivity index (χ4n) is 4.62. The van der Waals surface area contributed by atoms with Crippen LogP contribution in [0.1, 0.15) is 44.7 Å². The van der Waals surface area contributed by atoms with Gasteiger partial charge >= 0.3 is 0 Å². The number of nitrogens with zero attached hydrogens (tertiary/aromatic N) is 3. The van der Waals surface area contributed by atoms with E-state index >= 15 is 0 Å². The Bertz CT molecular complexity index is 976. The number of hydrogen-bond acceptors (Lipinski definition) is 5. The molecule has 0 spiro atoms. The first-order chi connectivity index (χ1) is 14.9. The van der Waals surface area contributed by atoms with Gasteiger partial charge in [-0.15, -0.1) is 0 Å². The van der Waals surface area contributed by atoms with Crippen molar-refractivity contribution in [2.45, 2.75) is 64.1 Å². The number of pyridine rings is 1. The minimum atomic E-state index is -0.151. The molecule has 0 saturated heterocycles. The predicted octanol–water partition coefficient (Wildman–Crippen LogP) is 3.19. The van der Waals surface area contributed by atoms with Gasteiger partial charge in [-0.2, -0.15) is 5.10 Å². The maximum absolute atomic E-state index is 12.9. The zero-order chi connectivity index (χ0) is 22.0. The van der Waals surface area contributed by atoms with E-state index in [0.29, 0.717) is 17.3 Å². The summed E-state index contributed by atoms with van der Waals surface area (Å²) >= 11 is 6.46. The minimum Gasteiger partial charge on any atom is -0.380 e. The number of amides is 2. The monoisotopic (exact) mass is 445 g/mol. The molecule has 3 heterocycles. The minimum absolute atomic E-state index is 0.0469. The van der Waals surface area contributed by atoms with Gasteiger partial charge in [0.2, 0.25) is 11.8 Å². The van der Waals surface area contributed by atoms with E-state index in [9.17, 15) is 9.59 Å². The van der Waals surface area contributed by atoms with Crippen molar-refractivity contribution in [1.82, 2.24) is 20.1 Å². The van der Waals surface area contributed by atoms with E-state index in [1.165, 1.54) is 6.92 Å². The van der Waals surface area contributed by atoms with Crippen molar-refractivity contribution in [1.29, 1.82) is 0 Å². The highest BCUT2D eigenvalue weighted by atomic mass is 35.5. The van der Waals surface area contributed by atoms with Crippen molar-refractivity contribution in [3.8, 4) is 11.1 Å². The summed E-state index contributed by atoms with van der Waals surface area (Å²) in [5, 5.41) is 10.9. The van der Waals surface area contributed by atoms with Gasteiger partial charge in [0.05, 0.1) is 23.9 Å². The third kappa shape index (κ3) is 4.91. The maximum Gasteiger partial charge on any atom is 0.228 e. The van der Waals surface area contributed by atoms with E-state index < -0.39 is 0 Å². The van der Waals surface area contributed by atoms with Crippen LogP contribution in [0, 0.1) is 5.92 Å². The number of fused-ring (bicyclic) bond motifs is 1. The second-order valence-corrected chi connectivity index (χ2v) is 8.79. The number of aromatic nitrogens is 3. The SMILES string of the molecule is COC1CCc2c(-c3cc(NC(=O)[C@H]4CCC[C@@H](NC(C)=O)C4)ncc3Cl)cnn2C1. The van der Waals surface area contributed by atoms with Gasteiger partial charge in [-0.05, 0) is 38.2 Å². The third-order valence-corrected chi connectivity index (χ3v) is 6.51. The zero-order valence-electron chi connectivity index (χ0n) is 17.9. The smallest absolute Gasteiger partial charge is 0.228 e. The van der Waals surface area contributed by atoms with Crippen LogP contribution in [0.15, 0.2) is 18.5 Å². The quantitative estimate of drug-likeness (QED) is 0.736. The Morgan fingerprint density at radius 2 is 2.06 bits per heavy atom. The van der Waals surface area contributed by atoms with Crippen LogP contribution >= 0.6 is 11.6 Å². The molecule has 4 rings (SSSR count). The number of carbonyl (C=O) groups is 2. The molecule has 1 aliphatic carbocycles. The number of ether oxygens (including phenoxy) is 1. The van der Waals surface area contributed by atoms with E-state index in [0.717, 1.165) is 55.5 Å². The number of methoxy groups -OCH3 is 1. The Hall–Kier alpha value is -2.45. The van der Waals surface area contributed by atoms with Crippen LogP contribution in [-0.2, 0) is 27.3 Å². The van der Waals surface area contributed by atoms with Crippen molar-refractivity contribution in [3.05, 3.63) is 29.2 Å². The largest absolute Gasteiger partial charge is 0.380 e. The molecule has 2 aromatic heterocycles. The van der Waals surface area contributed by atoms with Gasteiger partial charge in [0, 0.05) is 49.0 Å². The van der Waals surface area contributed by atoms with Gasteiger partial charge in [-0.1, -0.05) is 18.0 Å². The molecule has 1 aliphatic heterocycles. The highest BCUT2D eigenvalue weighted by molar-refractivity contribution is 6.33. The highest BCUT2D eigenvalue weighted by Crippen LogP contribution is 2.34. The average molecular weight is 446 g/mol. The van der Waals surface area contributed by atoms with Gasteiger partial charge in [0.25, 0.3) is 0 Å². The van der Waals surface area contributed by atoms with Crippen LogP contribution in [0.5, 0.6) is 0 Å². The molecule has 2 N–H and O–H groups in total. The lowest BCUT2D eigenvalue weighted by atomic mass is 9.85. The number of nitrogens with one attached hydrogen (secondary N) is 2. The summed E-state index contributed by atoms with van der Waals surface area (Å²) in [4.78, 5) is 28.5. The first kappa shape index (κ1) is 21.8. The van der Waals surface area contributed by atoms with Crippen molar-refractivity contribution in [3.63, 3.8) is 0 Å². The van der Waals surface area contributed by atoms with E-state index in [-0.39, 0.29) is 29.9 Å². The Balaban J connectivity index is 1.49. The molecule has 2 aromatic rings. The molecule has 0 aromatic carbocycles. The lowest BCUT2D eigenvalue weighted by Gasteiger charge is -2.28. The van der Waals surface area contributed by atoms with E-state index in [1.807, 2.05) is 16.9 Å². The van der Waals surface area contributed by atoms with E-state index in [1.54, 1.807) is 13.3 Å². The van der Waals surface area contributed by atoms with Crippen molar-refractivity contribution >= 4 is 29.2 Å². The number of carbonyl (C=O) groups excluding carboxylic acids is 2. The molecule has 3 atom stereocenters. The van der Waals surface area contributed by atoms with Gasteiger partial charge < -0.3 is 15.4 Å². The summed E-state index contributed by atoms with van der Waals surface area (Å²) in [7, 11) is 1.72. The lowest BCUT2D eigenvalue weighted by Crippen LogP contribution is -2.40. The summed E-state index contributed by atoms with van der Waals surface area (Å²) in [6.07, 6.45) is 8.59. The van der Waals surface area contributed by atoms with Gasteiger partial charge in [0.1, 0.15) is 5.82 Å². The molecule has 166 valence electrons.